The second-order valence-corrected chi connectivity index (χ2v) is 6.32. The van der Waals surface area contributed by atoms with Crippen molar-refractivity contribution in [3.63, 3.8) is 0 Å². The van der Waals surface area contributed by atoms with Crippen molar-refractivity contribution in [3.8, 4) is 0 Å². The highest BCUT2D eigenvalue weighted by Crippen LogP contribution is 2.35. The van der Waals surface area contributed by atoms with Crippen LogP contribution in [-0.4, -0.2) is 15.5 Å². The van der Waals surface area contributed by atoms with Crippen LogP contribution in [0.15, 0.2) is 35.1 Å². The van der Waals surface area contributed by atoms with Crippen LogP contribution in [-0.2, 0) is 0 Å². The van der Waals surface area contributed by atoms with Crippen molar-refractivity contribution in [3.05, 3.63) is 46.4 Å². The number of H-pyrrole nitrogens is 1. The van der Waals surface area contributed by atoms with E-state index in [-0.39, 0.29) is 11.6 Å². The van der Waals surface area contributed by atoms with Crippen molar-refractivity contribution in [2.45, 2.75) is 38.1 Å². The zero-order valence-corrected chi connectivity index (χ0v) is 12.8. The third kappa shape index (κ3) is 2.15. The number of pyridine rings is 1. The molecule has 1 aliphatic carbocycles. The Morgan fingerprint density at radius 1 is 1.13 bits per heavy atom. The fourth-order valence-corrected chi connectivity index (χ4v) is 3.87. The highest BCUT2D eigenvalue weighted by atomic mass is 16.1. The molecule has 1 aliphatic rings. The number of para-hydroxylation sites is 1. The summed E-state index contributed by atoms with van der Waals surface area (Å²) in [6.07, 6.45) is 5.55. The number of primary amides is 1. The largest absolute Gasteiger partial charge is 0.364 e. The predicted molar refractivity (Wildman–Crippen MR) is 90.7 cm³/mol. The molecule has 1 fully saturated rings. The van der Waals surface area contributed by atoms with Crippen molar-refractivity contribution in [2.75, 3.05) is 0 Å². The van der Waals surface area contributed by atoms with Crippen LogP contribution in [0, 0.1) is 0 Å². The van der Waals surface area contributed by atoms with Gasteiger partial charge in [0.1, 0.15) is 5.69 Å². The Morgan fingerprint density at radius 3 is 2.61 bits per heavy atom. The maximum Gasteiger partial charge on any atom is 0.265 e. The molecule has 0 saturated heterocycles. The average Bonchev–Trinajstić information content (AvgIpc) is 2.97. The van der Waals surface area contributed by atoms with Gasteiger partial charge < -0.3 is 15.3 Å². The minimum atomic E-state index is -0.477. The molecule has 118 valence electrons. The highest BCUT2D eigenvalue weighted by Gasteiger charge is 2.24. The lowest BCUT2D eigenvalue weighted by molar-refractivity contribution is 0.0988. The van der Waals surface area contributed by atoms with Crippen molar-refractivity contribution < 1.29 is 4.79 Å². The molecule has 5 heteroatoms. The second-order valence-electron chi connectivity index (χ2n) is 6.32. The molecule has 0 radical (unpaired) electrons. The maximum atomic E-state index is 12.4. The van der Waals surface area contributed by atoms with Gasteiger partial charge in [0.2, 0.25) is 0 Å². The molecule has 0 atom stereocenters. The number of nitrogens with zero attached hydrogens (tertiary/aromatic N) is 1. The van der Waals surface area contributed by atoms with Gasteiger partial charge in [-0.3, -0.25) is 9.59 Å². The normalized spacial score (nSPS) is 16.2. The molecule has 0 unspecified atom stereocenters. The smallest absolute Gasteiger partial charge is 0.265 e. The number of rotatable bonds is 2. The minimum Gasteiger partial charge on any atom is -0.364 e. The van der Waals surface area contributed by atoms with E-state index in [1.54, 1.807) is 6.07 Å². The molecule has 3 N–H and O–H groups in total. The van der Waals surface area contributed by atoms with Gasteiger partial charge in [0.15, 0.2) is 0 Å². The minimum absolute atomic E-state index is 0.171. The average molecular weight is 309 g/mol. The van der Waals surface area contributed by atoms with Crippen LogP contribution in [0.1, 0.15) is 48.6 Å². The molecule has 0 aliphatic heterocycles. The summed E-state index contributed by atoms with van der Waals surface area (Å²) in [6.45, 7) is 0. The summed E-state index contributed by atoms with van der Waals surface area (Å²) in [5, 5.41) is 1.50. The molecule has 2 aromatic heterocycles. The van der Waals surface area contributed by atoms with E-state index in [0.29, 0.717) is 11.1 Å². The van der Waals surface area contributed by atoms with E-state index >= 15 is 0 Å². The summed E-state index contributed by atoms with van der Waals surface area (Å²) in [5.74, 6) is -0.477. The van der Waals surface area contributed by atoms with Crippen LogP contribution < -0.4 is 11.3 Å². The lowest BCUT2D eigenvalue weighted by atomic mass is 9.95. The van der Waals surface area contributed by atoms with Gasteiger partial charge in [-0.05, 0) is 25.0 Å². The molecule has 5 nitrogen and oxygen atoms in total. The molecule has 0 spiro atoms. The lowest BCUT2D eigenvalue weighted by Crippen LogP contribution is -2.21. The van der Waals surface area contributed by atoms with Crippen LogP contribution in [0.25, 0.3) is 21.8 Å². The van der Waals surface area contributed by atoms with E-state index in [9.17, 15) is 9.59 Å². The van der Waals surface area contributed by atoms with Crippen LogP contribution >= 0.6 is 0 Å². The number of fused-ring (bicyclic) bond motifs is 3. The van der Waals surface area contributed by atoms with E-state index < -0.39 is 5.91 Å². The van der Waals surface area contributed by atoms with Crippen LogP contribution in [0.2, 0.25) is 0 Å². The Bertz CT molecular complexity index is 961. The standard InChI is InChI=1S/C18H19N3O2/c19-17(22)15-10-13-16(21(15)11-6-2-1-3-7-11)12-8-4-5-9-14(12)20-18(13)23/h4-5,8-11H,1-3,6-7H2,(H2,19,22)(H,20,23). The first kappa shape index (κ1) is 14.1. The van der Waals surface area contributed by atoms with E-state index in [1.165, 1.54) is 6.42 Å². The first-order valence-electron chi connectivity index (χ1n) is 8.12. The molecule has 4 rings (SSSR count). The summed E-state index contributed by atoms with van der Waals surface area (Å²) >= 11 is 0. The van der Waals surface area contributed by atoms with Crippen LogP contribution in [0.4, 0.5) is 0 Å². The Labute approximate surface area is 133 Å². The number of aromatic nitrogens is 2. The van der Waals surface area contributed by atoms with Gasteiger partial charge >= 0.3 is 0 Å². The molecule has 0 bridgehead atoms. The molecular formula is C18H19N3O2. The molecule has 23 heavy (non-hydrogen) atoms. The number of aromatic amines is 1. The predicted octanol–water partition coefficient (Wildman–Crippen LogP) is 3.09. The van der Waals surface area contributed by atoms with Crippen LogP contribution in [0.3, 0.4) is 0 Å². The van der Waals surface area contributed by atoms with Gasteiger partial charge in [-0.15, -0.1) is 0 Å². The number of hydrogen-bond donors (Lipinski definition) is 2. The summed E-state index contributed by atoms with van der Waals surface area (Å²) in [5.41, 5.74) is 7.50. The SMILES string of the molecule is NC(=O)c1cc2c(=O)[nH]c3ccccc3c2n1C1CCCCC1. The number of hydrogen-bond acceptors (Lipinski definition) is 2. The number of nitrogens with two attached hydrogens (primary N) is 1. The molecule has 1 amide bonds. The van der Waals surface area contributed by atoms with Gasteiger partial charge in [0, 0.05) is 11.4 Å². The van der Waals surface area contributed by atoms with Crippen molar-refractivity contribution in [1.82, 2.24) is 9.55 Å². The van der Waals surface area contributed by atoms with Gasteiger partial charge in [0.25, 0.3) is 11.5 Å². The molecule has 2 heterocycles. The topological polar surface area (TPSA) is 80.9 Å². The van der Waals surface area contributed by atoms with Gasteiger partial charge in [-0.1, -0.05) is 37.5 Å². The summed E-state index contributed by atoms with van der Waals surface area (Å²) in [4.78, 5) is 27.3. The van der Waals surface area contributed by atoms with Crippen LogP contribution in [0.5, 0.6) is 0 Å². The van der Waals surface area contributed by atoms with E-state index in [2.05, 4.69) is 4.98 Å². The number of benzene rings is 1. The van der Waals surface area contributed by atoms with Gasteiger partial charge in [0.05, 0.1) is 16.4 Å². The number of amides is 1. The van der Waals surface area contributed by atoms with Crippen molar-refractivity contribution in [1.29, 1.82) is 0 Å². The van der Waals surface area contributed by atoms with E-state index in [4.69, 9.17) is 5.73 Å². The van der Waals surface area contributed by atoms with E-state index in [1.807, 2.05) is 28.8 Å². The fraction of sp³-hybridized carbons (Fsp3) is 0.333. The van der Waals surface area contributed by atoms with Crippen molar-refractivity contribution in [2.24, 2.45) is 5.73 Å². The van der Waals surface area contributed by atoms with Gasteiger partial charge in [-0.25, -0.2) is 0 Å². The lowest BCUT2D eigenvalue weighted by Gasteiger charge is -2.26. The maximum absolute atomic E-state index is 12.4. The molecular weight excluding hydrogens is 290 g/mol. The molecule has 1 saturated carbocycles. The Hall–Kier alpha value is -2.56. The highest BCUT2D eigenvalue weighted by molar-refractivity contribution is 6.07. The molecule has 3 aromatic rings. The Morgan fingerprint density at radius 2 is 1.87 bits per heavy atom. The summed E-state index contributed by atoms with van der Waals surface area (Å²) in [7, 11) is 0. The van der Waals surface area contributed by atoms with E-state index in [0.717, 1.165) is 42.1 Å². The number of nitrogens with one attached hydrogen (secondary N) is 1. The third-order valence-corrected chi connectivity index (χ3v) is 4.90. The Kier molecular flexibility index (Phi) is 3.22. The zero-order valence-electron chi connectivity index (χ0n) is 12.8. The number of carbonyl (C=O) groups is 1. The quantitative estimate of drug-likeness (QED) is 0.762. The first-order chi connectivity index (χ1) is 11.2. The van der Waals surface area contributed by atoms with Crippen molar-refractivity contribution >= 4 is 27.7 Å². The third-order valence-electron chi connectivity index (χ3n) is 4.90. The second kappa shape index (κ2) is 5.26. The fourth-order valence-electron chi connectivity index (χ4n) is 3.87. The monoisotopic (exact) mass is 309 g/mol. The molecule has 1 aromatic carbocycles. The Balaban J connectivity index is 2.13. The first-order valence-corrected chi connectivity index (χ1v) is 8.12. The summed E-state index contributed by atoms with van der Waals surface area (Å²) < 4.78 is 2.02. The summed E-state index contributed by atoms with van der Waals surface area (Å²) in [6, 6.07) is 9.59. The zero-order chi connectivity index (χ0) is 16.0. The number of carbonyl (C=O) groups excluding carboxylic acids is 1. The van der Waals surface area contributed by atoms with Gasteiger partial charge in [-0.2, -0.15) is 0 Å².